The second-order valence-electron chi connectivity index (χ2n) is 6.79. The molecule has 3 aromatic rings. The number of fused-ring (bicyclic) bond motifs is 1. The highest BCUT2D eigenvalue weighted by molar-refractivity contribution is 5.91. The fourth-order valence-electron chi connectivity index (χ4n) is 3.45. The number of aryl methyl sites for hydroxylation is 2. The zero-order chi connectivity index (χ0) is 17.4. The summed E-state index contributed by atoms with van der Waals surface area (Å²) in [5, 5.41) is 7.94. The normalized spacial score (nSPS) is 15.6. The van der Waals surface area contributed by atoms with E-state index in [2.05, 4.69) is 21.5 Å². The molecule has 1 N–H and O–H groups in total. The number of amides is 1. The van der Waals surface area contributed by atoms with Gasteiger partial charge in [-0.05, 0) is 38.8 Å². The van der Waals surface area contributed by atoms with E-state index in [4.69, 9.17) is 8.94 Å². The molecule has 6 nitrogen and oxygen atoms in total. The fraction of sp³-hybridized carbons (Fsp3) is 0.421. The Morgan fingerprint density at radius 2 is 2.00 bits per heavy atom. The summed E-state index contributed by atoms with van der Waals surface area (Å²) in [6.07, 6.45) is 5.56. The number of furan rings is 1. The van der Waals surface area contributed by atoms with Crippen molar-refractivity contribution in [2.75, 3.05) is 0 Å². The van der Waals surface area contributed by atoms with Gasteiger partial charge in [0.2, 0.25) is 5.82 Å². The average Bonchev–Trinajstić information content (AvgIpc) is 3.21. The maximum atomic E-state index is 12.3. The Kier molecular flexibility index (Phi) is 4.03. The Labute approximate surface area is 145 Å². The summed E-state index contributed by atoms with van der Waals surface area (Å²) in [7, 11) is 0. The van der Waals surface area contributed by atoms with Crippen molar-refractivity contribution in [3.63, 3.8) is 0 Å². The summed E-state index contributed by atoms with van der Waals surface area (Å²) >= 11 is 0. The van der Waals surface area contributed by atoms with Crippen molar-refractivity contribution in [2.45, 2.75) is 52.0 Å². The molecule has 0 atom stereocenters. The highest BCUT2D eigenvalue weighted by Crippen LogP contribution is 2.32. The lowest BCUT2D eigenvalue weighted by Gasteiger charge is -2.21. The van der Waals surface area contributed by atoms with Crippen molar-refractivity contribution in [1.82, 2.24) is 15.5 Å². The van der Waals surface area contributed by atoms with E-state index in [1.54, 1.807) is 0 Å². The summed E-state index contributed by atoms with van der Waals surface area (Å²) in [6, 6.07) is 6.19. The van der Waals surface area contributed by atoms with Gasteiger partial charge < -0.3 is 14.3 Å². The molecular formula is C19H21N3O3. The van der Waals surface area contributed by atoms with Crippen LogP contribution in [0.5, 0.6) is 0 Å². The minimum Gasteiger partial charge on any atom is -0.452 e. The number of aromatic nitrogens is 2. The van der Waals surface area contributed by atoms with Gasteiger partial charge in [-0.3, -0.25) is 4.79 Å². The Hall–Kier alpha value is -2.63. The van der Waals surface area contributed by atoms with Crippen molar-refractivity contribution in [1.29, 1.82) is 0 Å². The third kappa shape index (κ3) is 3.04. The van der Waals surface area contributed by atoms with Gasteiger partial charge in [0.05, 0.1) is 0 Å². The number of carbonyl (C=O) groups is 1. The van der Waals surface area contributed by atoms with Crippen LogP contribution in [0, 0.1) is 13.8 Å². The molecule has 4 rings (SSSR count). The lowest BCUT2D eigenvalue weighted by Crippen LogP contribution is -2.36. The standard InChI is InChI=1S/C19H21N3O3/c1-11-8-9-15-14(10-11)12(2)16(24-15)17-21-19(25-22-17)18(23)20-13-6-4-3-5-7-13/h8-10,13H,3-7H2,1-2H3,(H,20,23). The number of hydrogen-bond acceptors (Lipinski definition) is 5. The highest BCUT2D eigenvalue weighted by atomic mass is 16.5. The van der Waals surface area contributed by atoms with Crippen molar-refractivity contribution < 1.29 is 13.7 Å². The average molecular weight is 339 g/mol. The monoisotopic (exact) mass is 339 g/mol. The zero-order valence-electron chi connectivity index (χ0n) is 14.5. The maximum absolute atomic E-state index is 12.3. The van der Waals surface area contributed by atoms with Gasteiger partial charge >= 0.3 is 11.8 Å². The summed E-state index contributed by atoms with van der Waals surface area (Å²) in [6.45, 7) is 3.99. The first-order chi connectivity index (χ1) is 12.1. The van der Waals surface area contributed by atoms with E-state index >= 15 is 0 Å². The van der Waals surface area contributed by atoms with Crippen LogP contribution in [0.2, 0.25) is 0 Å². The predicted octanol–water partition coefficient (Wildman–Crippen LogP) is 4.16. The number of hydrogen-bond donors (Lipinski definition) is 1. The minimum atomic E-state index is -0.310. The third-order valence-electron chi connectivity index (χ3n) is 4.86. The molecule has 2 heterocycles. The highest BCUT2D eigenvalue weighted by Gasteiger charge is 2.23. The Morgan fingerprint density at radius 3 is 2.80 bits per heavy atom. The molecule has 1 aliphatic carbocycles. The van der Waals surface area contributed by atoms with Gasteiger partial charge in [-0.15, -0.1) is 0 Å². The molecule has 1 amide bonds. The van der Waals surface area contributed by atoms with Gasteiger partial charge in [0, 0.05) is 17.0 Å². The molecule has 0 saturated heterocycles. The van der Waals surface area contributed by atoms with Crippen LogP contribution >= 0.6 is 0 Å². The second kappa shape index (κ2) is 6.35. The van der Waals surface area contributed by atoms with Crippen LogP contribution in [-0.2, 0) is 0 Å². The maximum Gasteiger partial charge on any atom is 0.316 e. The van der Waals surface area contributed by atoms with Crippen LogP contribution in [0.3, 0.4) is 0 Å². The van der Waals surface area contributed by atoms with Crippen LogP contribution in [0.4, 0.5) is 0 Å². The van der Waals surface area contributed by atoms with Gasteiger partial charge in [-0.1, -0.05) is 36.0 Å². The molecule has 0 spiro atoms. The van der Waals surface area contributed by atoms with Gasteiger partial charge in [-0.2, -0.15) is 4.98 Å². The first-order valence-corrected chi connectivity index (χ1v) is 8.76. The van der Waals surface area contributed by atoms with E-state index in [0.717, 1.165) is 47.8 Å². The summed E-state index contributed by atoms with van der Waals surface area (Å²) in [5.74, 6) is 0.521. The van der Waals surface area contributed by atoms with E-state index in [-0.39, 0.29) is 17.8 Å². The molecule has 2 aromatic heterocycles. The molecule has 25 heavy (non-hydrogen) atoms. The molecule has 1 aliphatic rings. The Bertz CT molecular complexity index is 919. The summed E-state index contributed by atoms with van der Waals surface area (Å²) in [4.78, 5) is 16.6. The summed E-state index contributed by atoms with van der Waals surface area (Å²) in [5.41, 5.74) is 2.87. The van der Waals surface area contributed by atoms with Crippen LogP contribution in [0.25, 0.3) is 22.6 Å². The van der Waals surface area contributed by atoms with Gasteiger partial charge in [0.1, 0.15) is 5.58 Å². The quantitative estimate of drug-likeness (QED) is 0.775. The smallest absolute Gasteiger partial charge is 0.316 e. The van der Waals surface area contributed by atoms with E-state index < -0.39 is 0 Å². The van der Waals surface area contributed by atoms with Crippen molar-refractivity contribution in [2.24, 2.45) is 0 Å². The van der Waals surface area contributed by atoms with Gasteiger partial charge in [0.15, 0.2) is 5.76 Å². The van der Waals surface area contributed by atoms with Crippen molar-refractivity contribution >= 4 is 16.9 Å². The third-order valence-corrected chi connectivity index (χ3v) is 4.86. The van der Waals surface area contributed by atoms with Crippen molar-refractivity contribution in [3.8, 4) is 11.6 Å². The van der Waals surface area contributed by atoms with E-state index in [1.807, 2.05) is 26.0 Å². The van der Waals surface area contributed by atoms with E-state index in [1.165, 1.54) is 6.42 Å². The van der Waals surface area contributed by atoms with Gasteiger partial charge in [0.25, 0.3) is 0 Å². The zero-order valence-corrected chi connectivity index (χ0v) is 14.5. The molecule has 1 fully saturated rings. The predicted molar refractivity (Wildman–Crippen MR) is 93.3 cm³/mol. The van der Waals surface area contributed by atoms with Crippen LogP contribution in [-0.4, -0.2) is 22.1 Å². The molecule has 6 heteroatoms. The van der Waals surface area contributed by atoms with Crippen LogP contribution < -0.4 is 5.32 Å². The molecule has 0 aliphatic heterocycles. The first kappa shape index (κ1) is 15.9. The fourth-order valence-corrected chi connectivity index (χ4v) is 3.45. The molecule has 0 radical (unpaired) electrons. The number of nitrogens with one attached hydrogen (secondary N) is 1. The lowest BCUT2D eigenvalue weighted by atomic mass is 9.95. The SMILES string of the molecule is Cc1ccc2oc(-c3noc(C(=O)NC4CCCCC4)n3)c(C)c2c1. The number of benzene rings is 1. The molecule has 1 saturated carbocycles. The number of rotatable bonds is 3. The minimum absolute atomic E-state index is 0.0170. The molecule has 0 bridgehead atoms. The van der Waals surface area contributed by atoms with Crippen LogP contribution in [0.15, 0.2) is 27.1 Å². The molecule has 1 aromatic carbocycles. The second-order valence-corrected chi connectivity index (χ2v) is 6.79. The number of nitrogens with zero attached hydrogens (tertiary/aromatic N) is 2. The van der Waals surface area contributed by atoms with E-state index in [0.29, 0.717) is 11.6 Å². The van der Waals surface area contributed by atoms with Crippen molar-refractivity contribution in [3.05, 3.63) is 35.2 Å². The molecule has 130 valence electrons. The Morgan fingerprint density at radius 1 is 1.20 bits per heavy atom. The number of carbonyl (C=O) groups excluding carboxylic acids is 1. The first-order valence-electron chi connectivity index (χ1n) is 8.76. The topological polar surface area (TPSA) is 81.2 Å². The van der Waals surface area contributed by atoms with E-state index in [9.17, 15) is 4.79 Å². The molecular weight excluding hydrogens is 318 g/mol. The largest absolute Gasteiger partial charge is 0.452 e. The van der Waals surface area contributed by atoms with Gasteiger partial charge in [-0.25, -0.2) is 0 Å². The lowest BCUT2D eigenvalue weighted by molar-refractivity contribution is 0.0883. The Balaban J connectivity index is 1.58. The van der Waals surface area contributed by atoms with Crippen LogP contribution in [0.1, 0.15) is 53.9 Å². The molecule has 0 unspecified atom stereocenters. The summed E-state index contributed by atoms with van der Waals surface area (Å²) < 4.78 is 11.0.